The van der Waals surface area contributed by atoms with Crippen molar-refractivity contribution in [2.24, 2.45) is 5.92 Å². The van der Waals surface area contributed by atoms with Gasteiger partial charge in [0, 0.05) is 38.1 Å². The number of rotatable bonds is 5. The first-order chi connectivity index (χ1) is 13.6. The highest BCUT2D eigenvalue weighted by atomic mass is 16.2. The molecule has 7 heteroatoms. The number of hydrogen-bond acceptors (Lipinski definition) is 4. The first kappa shape index (κ1) is 18.9. The SMILES string of the molecule is Cc1cccn2c(CC(=O)N[C@H]3CCC[C@@H](CN4CCNC(=O)C4)C3)cnc12. The van der Waals surface area contributed by atoms with E-state index >= 15 is 0 Å². The molecule has 3 heterocycles. The van der Waals surface area contributed by atoms with Crippen LogP contribution in [0.5, 0.6) is 0 Å². The van der Waals surface area contributed by atoms with Gasteiger partial charge in [-0.1, -0.05) is 12.5 Å². The molecule has 2 atom stereocenters. The summed E-state index contributed by atoms with van der Waals surface area (Å²) in [5, 5.41) is 6.11. The molecule has 0 radical (unpaired) electrons. The van der Waals surface area contributed by atoms with Gasteiger partial charge in [0.15, 0.2) is 0 Å². The number of piperazine rings is 1. The van der Waals surface area contributed by atoms with Gasteiger partial charge in [0.2, 0.25) is 11.8 Å². The summed E-state index contributed by atoms with van der Waals surface area (Å²) in [5.74, 6) is 0.727. The Morgan fingerprint density at radius 2 is 2.29 bits per heavy atom. The van der Waals surface area contributed by atoms with Gasteiger partial charge in [-0.15, -0.1) is 0 Å². The molecule has 28 heavy (non-hydrogen) atoms. The second-order valence-electron chi connectivity index (χ2n) is 8.19. The lowest BCUT2D eigenvalue weighted by atomic mass is 9.85. The van der Waals surface area contributed by atoms with E-state index in [0.717, 1.165) is 55.8 Å². The number of carbonyl (C=O) groups excluding carboxylic acids is 2. The van der Waals surface area contributed by atoms with Crippen LogP contribution < -0.4 is 10.6 Å². The number of imidazole rings is 1. The minimum atomic E-state index is 0.0614. The molecule has 150 valence electrons. The maximum Gasteiger partial charge on any atom is 0.234 e. The minimum absolute atomic E-state index is 0.0614. The molecular formula is C21H29N5O2. The van der Waals surface area contributed by atoms with Crippen LogP contribution in [0.2, 0.25) is 0 Å². The number of nitrogens with zero attached hydrogens (tertiary/aromatic N) is 3. The fourth-order valence-corrected chi connectivity index (χ4v) is 4.58. The van der Waals surface area contributed by atoms with Gasteiger partial charge in [0.1, 0.15) is 5.65 Å². The number of pyridine rings is 1. The molecule has 4 rings (SSSR count). The largest absolute Gasteiger partial charge is 0.354 e. The van der Waals surface area contributed by atoms with Crippen molar-refractivity contribution in [3.8, 4) is 0 Å². The van der Waals surface area contributed by atoms with Crippen molar-refractivity contribution >= 4 is 17.5 Å². The van der Waals surface area contributed by atoms with Crippen LogP contribution in [0.15, 0.2) is 24.5 Å². The first-order valence-corrected chi connectivity index (χ1v) is 10.3. The van der Waals surface area contributed by atoms with Gasteiger partial charge in [-0.25, -0.2) is 4.98 Å². The molecular weight excluding hydrogens is 354 g/mol. The lowest BCUT2D eigenvalue weighted by Gasteiger charge is -2.35. The van der Waals surface area contributed by atoms with Crippen molar-refractivity contribution < 1.29 is 9.59 Å². The molecule has 0 bridgehead atoms. The molecule has 0 unspecified atom stereocenters. The predicted molar refractivity (Wildman–Crippen MR) is 107 cm³/mol. The summed E-state index contributed by atoms with van der Waals surface area (Å²) in [6, 6.07) is 4.24. The summed E-state index contributed by atoms with van der Waals surface area (Å²) in [5.41, 5.74) is 2.94. The predicted octanol–water partition coefficient (Wildman–Crippen LogP) is 1.29. The Hall–Kier alpha value is -2.41. The average molecular weight is 383 g/mol. The maximum absolute atomic E-state index is 12.6. The van der Waals surface area contributed by atoms with E-state index in [-0.39, 0.29) is 17.9 Å². The summed E-state index contributed by atoms with van der Waals surface area (Å²) in [6.45, 7) is 5.14. The molecule has 2 aliphatic rings. The summed E-state index contributed by atoms with van der Waals surface area (Å²) < 4.78 is 2.00. The molecule has 1 aliphatic carbocycles. The first-order valence-electron chi connectivity index (χ1n) is 10.3. The number of nitrogens with one attached hydrogen (secondary N) is 2. The van der Waals surface area contributed by atoms with Crippen LogP contribution in [0.3, 0.4) is 0 Å². The standard InChI is InChI=1S/C21H29N5O2/c1-15-4-3-8-26-18(12-23-21(15)26)11-19(27)24-17-6-2-5-16(10-17)13-25-9-7-22-20(28)14-25/h3-4,8,12,16-17H,2,5-7,9-11,13-14H2,1H3,(H,22,28)(H,24,27)/t16-,17+/m1/s1. The molecule has 1 saturated heterocycles. The van der Waals surface area contributed by atoms with E-state index in [0.29, 0.717) is 18.9 Å². The van der Waals surface area contributed by atoms with Crippen LogP contribution in [0.25, 0.3) is 5.65 Å². The Morgan fingerprint density at radius 1 is 1.39 bits per heavy atom. The van der Waals surface area contributed by atoms with Gasteiger partial charge in [-0.3, -0.25) is 14.5 Å². The Morgan fingerprint density at radius 3 is 3.14 bits per heavy atom. The molecule has 7 nitrogen and oxygen atoms in total. The van der Waals surface area contributed by atoms with Crippen LogP contribution in [-0.2, 0) is 16.0 Å². The maximum atomic E-state index is 12.6. The number of aromatic nitrogens is 2. The van der Waals surface area contributed by atoms with Crippen molar-refractivity contribution in [2.75, 3.05) is 26.2 Å². The quantitative estimate of drug-likeness (QED) is 0.816. The van der Waals surface area contributed by atoms with Crippen LogP contribution in [0, 0.1) is 12.8 Å². The Labute approximate surface area is 165 Å². The molecule has 2 aromatic heterocycles. The van der Waals surface area contributed by atoms with Gasteiger partial charge in [0.05, 0.1) is 18.7 Å². The number of hydrogen-bond donors (Lipinski definition) is 2. The smallest absolute Gasteiger partial charge is 0.234 e. The Balaban J connectivity index is 1.31. The molecule has 1 aliphatic heterocycles. The van der Waals surface area contributed by atoms with Crippen molar-refractivity contribution in [1.29, 1.82) is 0 Å². The zero-order valence-electron chi connectivity index (χ0n) is 16.5. The topological polar surface area (TPSA) is 78.7 Å². The van der Waals surface area contributed by atoms with Gasteiger partial charge in [-0.05, 0) is 43.7 Å². The van der Waals surface area contributed by atoms with Crippen molar-refractivity contribution in [3.63, 3.8) is 0 Å². The summed E-state index contributed by atoms with van der Waals surface area (Å²) in [6.07, 6.45) is 8.45. The summed E-state index contributed by atoms with van der Waals surface area (Å²) >= 11 is 0. The van der Waals surface area contributed by atoms with E-state index in [1.807, 2.05) is 29.7 Å². The van der Waals surface area contributed by atoms with E-state index in [1.54, 1.807) is 6.20 Å². The number of amides is 2. The Kier molecular flexibility index (Phi) is 5.62. The van der Waals surface area contributed by atoms with E-state index in [4.69, 9.17) is 0 Å². The lowest BCUT2D eigenvalue weighted by molar-refractivity contribution is -0.124. The highest BCUT2D eigenvalue weighted by Crippen LogP contribution is 2.25. The van der Waals surface area contributed by atoms with Crippen molar-refractivity contribution in [3.05, 3.63) is 35.8 Å². The fourth-order valence-electron chi connectivity index (χ4n) is 4.58. The molecule has 2 amide bonds. The van der Waals surface area contributed by atoms with Gasteiger partial charge >= 0.3 is 0 Å². The molecule has 0 aromatic carbocycles. The molecule has 2 fully saturated rings. The van der Waals surface area contributed by atoms with E-state index in [1.165, 1.54) is 6.42 Å². The minimum Gasteiger partial charge on any atom is -0.354 e. The fraction of sp³-hybridized carbons (Fsp3) is 0.571. The normalized spacial score (nSPS) is 23.5. The molecule has 0 spiro atoms. The highest BCUT2D eigenvalue weighted by molar-refractivity contribution is 5.79. The van der Waals surface area contributed by atoms with Crippen molar-refractivity contribution in [2.45, 2.75) is 45.1 Å². The second-order valence-corrected chi connectivity index (χ2v) is 8.19. The molecule has 2 N–H and O–H groups in total. The van der Waals surface area contributed by atoms with Crippen molar-refractivity contribution in [1.82, 2.24) is 24.9 Å². The van der Waals surface area contributed by atoms with Crippen LogP contribution >= 0.6 is 0 Å². The van der Waals surface area contributed by atoms with Gasteiger partial charge in [-0.2, -0.15) is 0 Å². The number of fused-ring (bicyclic) bond motifs is 1. The molecule has 2 aromatic rings. The van der Waals surface area contributed by atoms with Crippen LogP contribution in [0.1, 0.15) is 36.9 Å². The number of aryl methyl sites for hydroxylation is 1. The van der Waals surface area contributed by atoms with E-state index in [9.17, 15) is 9.59 Å². The third kappa shape index (κ3) is 4.35. The Bertz CT molecular complexity index is 862. The van der Waals surface area contributed by atoms with Crippen LogP contribution in [-0.4, -0.2) is 58.3 Å². The third-order valence-corrected chi connectivity index (χ3v) is 5.93. The van der Waals surface area contributed by atoms with Gasteiger partial charge < -0.3 is 15.0 Å². The van der Waals surface area contributed by atoms with Gasteiger partial charge in [0.25, 0.3) is 0 Å². The van der Waals surface area contributed by atoms with E-state index < -0.39 is 0 Å². The molecule has 1 saturated carbocycles. The highest BCUT2D eigenvalue weighted by Gasteiger charge is 2.26. The van der Waals surface area contributed by atoms with Crippen LogP contribution in [0.4, 0.5) is 0 Å². The summed E-state index contributed by atoms with van der Waals surface area (Å²) in [7, 11) is 0. The van der Waals surface area contributed by atoms with E-state index in [2.05, 4.69) is 20.5 Å². The lowest BCUT2D eigenvalue weighted by Crippen LogP contribution is -2.50. The average Bonchev–Trinajstić information content (AvgIpc) is 3.06. The third-order valence-electron chi connectivity index (χ3n) is 5.93. The summed E-state index contributed by atoms with van der Waals surface area (Å²) in [4.78, 5) is 30.9. The second kappa shape index (κ2) is 8.31. The monoisotopic (exact) mass is 383 g/mol. The number of carbonyl (C=O) groups is 2. The zero-order chi connectivity index (χ0) is 19.5. The zero-order valence-corrected chi connectivity index (χ0v) is 16.5.